The van der Waals surface area contributed by atoms with Crippen molar-refractivity contribution in [3.8, 4) is 17.1 Å². The number of para-hydroxylation sites is 1. The molecule has 2 aromatic carbocycles. The van der Waals surface area contributed by atoms with E-state index in [-0.39, 0.29) is 24.4 Å². The van der Waals surface area contributed by atoms with E-state index in [1.54, 1.807) is 24.3 Å². The van der Waals surface area contributed by atoms with Crippen LogP contribution in [0.15, 0.2) is 69.5 Å². The van der Waals surface area contributed by atoms with E-state index >= 15 is 0 Å². The first-order chi connectivity index (χ1) is 15.5. The molecular weight excluding hydrogens is 412 g/mol. The van der Waals surface area contributed by atoms with Gasteiger partial charge in [0.25, 0.3) is 11.8 Å². The predicted molar refractivity (Wildman–Crippen MR) is 112 cm³/mol. The van der Waals surface area contributed by atoms with Gasteiger partial charge in [0, 0.05) is 5.56 Å². The van der Waals surface area contributed by atoms with Gasteiger partial charge in [0.2, 0.25) is 11.7 Å². The molecule has 0 unspecified atom stereocenters. The Hall–Kier alpha value is -4.08. The van der Waals surface area contributed by atoms with Crippen LogP contribution in [0.3, 0.4) is 0 Å². The van der Waals surface area contributed by atoms with Crippen molar-refractivity contribution in [3.05, 3.63) is 60.5 Å². The Morgan fingerprint density at radius 1 is 1.03 bits per heavy atom. The maximum atomic E-state index is 13.0. The lowest BCUT2D eigenvalue weighted by atomic mass is 10.1. The van der Waals surface area contributed by atoms with E-state index in [0.29, 0.717) is 11.5 Å². The number of carbonyl (C=O) groups excluding carboxylic acids is 2. The molecule has 10 nitrogen and oxygen atoms in total. The Bertz CT molecular complexity index is 1170. The average molecular weight is 432 g/mol. The van der Waals surface area contributed by atoms with Gasteiger partial charge in [0.1, 0.15) is 12.3 Å². The molecule has 2 amide bonds. The Labute approximate surface area is 183 Å². The smallest absolute Gasteiger partial charge is 0.263 e. The fourth-order valence-electron chi connectivity index (χ4n) is 3.72. The Morgan fingerprint density at radius 3 is 2.50 bits per heavy atom. The van der Waals surface area contributed by atoms with Crippen molar-refractivity contribution in [2.24, 2.45) is 10.3 Å². The number of anilines is 1. The minimum Gasteiger partial charge on any atom is -0.491 e. The van der Waals surface area contributed by atoms with Gasteiger partial charge in [0.15, 0.2) is 12.1 Å². The number of hydrogen-bond acceptors (Lipinski definition) is 9. The molecule has 32 heavy (non-hydrogen) atoms. The molecule has 2 atom stereocenters. The van der Waals surface area contributed by atoms with Gasteiger partial charge in [-0.05, 0) is 50.2 Å². The molecule has 1 aromatic heterocycles. The van der Waals surface area contributed by atoms with E-state index in [1.165, 1.54) is 5.01 Å². The normalized spacial score (nSPS) is 19.8. The second-order valence-corrected chi connectivity index (χ2v) is 7.74. The molecule has 0 spiro atoms. The second kappa shape index (κ2) is 7.88. The fourth-order valence-corrected chi connectivity index (χ4v) is 3.72. The number of fused-ring (bicyclic) bond motifs is 1. The van der Waals surface area contributed by atoms with Crippen LogP contribution in [0.25, 0.3) is 11.4 Å². The molecule has 3 aromatic rings. The monoisotopic (exact) mass is 432 g/mol. The standard InChI is InChI=1S/C22H20N6O4/c1-13(2)31-16-10-8-14(9-11-16)20-23-17(32-25-20)12-27-19-18(24-26-27)21(29)28(22(19)30)15-6-4-3-5-7-15/h3-11,13,18-19H,12H2,1-2H3/t18-,19-/m0/s1. The summed E-state index contributed by atoms with van der Waals surface area (Å²) in [7, 11) is 0. The summed E-state index contributed by atoms with van der Waals surface area (Å²) < 4.78 is 11.0. The molecule has 1 saturated heterocycles. The molecule has 1 fully saturated rings. The number of benzene rings is 2. The van der Waals surface area contributed by atoms with Gasteiger partial charge in [-0.25, -0.2) is 4.90 Å². The SMILES string of the molecule is CC(C)Oc1ccc(-c2noc(CN3N=N[C@@H]4C(=O)N(c5ccccc5)C(=O)[C@H]43)n2)cc1. The molecule has 2 aliphatic rings. The summed E-state index contributed by atoms with van der Waals surface area (Å²) in [5.41, 5.74) is 1.27. The highest BCUT2D eigenvalue weighted by Crippen LogP contribution is 2.32. The third-order valence-corrected chi connectivity index (χ3v) is 5.12. The Balaban J connectivity index is 1.31. The van der Waals surface area contributed by atoms with Crippen LogP contribution >= 0.6 is 0 Å². The van der Waals surface area contributed by atoms with E-state index in [1.807, 2.05) is 44.2 Å². The second-order valence-electron chi connectivity index (χ2n) is 7.74. The van der Waals surface area contributed by atoms with Crippen molar-refractivity contribution < 1.29 is 18.8 Å². The third kappa shape index (κ3) is 3.49. The lowest BCUT2D eigenvalue weighted by Gasteiger charge is -2.19. The lowest BCUT2D eigenvalue weighted by Crippen LogP contribution is -2.39. The van der Waals surface area contributed by atoms with Gasteiger partial charge < -0.3 is 9.26 Å². The Kier molecular flexibility index (Phi) is 4.89. The zero-order valence-electron chi connectivity index (χ0n) is 17.5. The minimum absolute atomic E-state index is 0.0634. The first-order valence-electron chi connectivity index (χ1n) is 10.2. The van der Waals surface area contributed by atoms with E-state index in [2.05, 4.69) is 20.5 Å². The number of aromatic nitrogens is 2. The van der Waals surface area contributed by atoms with Crippen molar-refractivity contribution in [2.75, 3.05) is 4.90 Å². The van der Waals surface area contributed by atoms with Gasteiger partial charge in [-0.15, -0.1) is 0 Å². The molecule has 162 valence electrons. The van der Waals surface area contributed by atoms with Crippen molar-refractivity contribution in [1.29, 1.82) is 0 Å². The molecule has 10 heteroatoms. The van der Waals surface area contributed by atoms with Crippen LogP contribution in [0.4, 0.5) is 5.69 Å². The highest BCUT2D eigenvalue weighted by atomic mass is 16.5. The largest absolute Gasteiger partial charge is 0.491 e. The number of ether oxygens (including phenoxy) is 1. The minimum atomic E-state index is -0.876. The lowest BCUT2D eigenvalue weighted by molar-refractivity contribution is -0.123. The van der Waals surface area contributed by atoms with Crippen LogP contribution in [-0.4, -0.2) is 45.2 Å². The van der Waals surface area contributed by atoms with Gasteiger partial charge in [-0.1, -0.05) is 28.6 Å². The van der Waals surface area contributed by atoms with Crippen molar-refractivity contribution >= 4 is 17.5 Å². The molecule has 5 rings (SSSR count). The number of carbonyl (C=O) groups is 2. The quantitative estimate of drug-likeness (QED) is 0.550. The van der Waals surface area contributed by atoms with Crippen LogP contribution in [0.5, 0.6) is 5.75 Å². The van der Waals surface area contributed by atoms with Crippen LogP contribution in [-0.2, 0) is 16.1 Å². The van der Waals surface area contributed by atoms with Crippen LogP contribution in [0.1, 0.15) is 19.7 Å². The maximum absolute atomic E-state index is 13.0. The zero-order chi connectivity index (χ0) is 22.2. The molecule has 0 saturated carbocycles. The molecule has 0 N–H and O–H groups in total. The van der Waals surface area contributed by atoms with Crippen molar-refractivity contribution in [1.82, 2.24) is 15.1 Å². The Morgan fingerprint density at radius 2 is 1.78 bits per heavy atom. The number of amides is 2. The highest BCUT2D eigenvalue weighted by molar-refractivity contribution is 6.25. The molecule has 3 heterocycles. The number of imide groups is 1. The third-order valence-electron chi connectivity index (χ3n) is 5.12. The number of rotatable bonds is 6. The van der Waals surface area contributed by atoms with Gasteiger partial charge >= 0.3 is 0 Å². The molecule has 0 bridgehead atoms. The zero-order valence-corrected chi connectivity index (χ0v) is 17.5. The van der Waals surface area contributed by atoms with Crippen LogP contribution in [0, 0.1) is 0 Å². The fraction of sp³-hybridized carbons (Fsp3) is 0.273. The van der Waals surface area contributed by atoms with E-state index in [9.17, 15) is 9.59 Å². The van der Waals surface area contributed by atoms with E-state index in [4.69, 9.17) is 9.26 Å². The number of nitrogens with zero attached hydrogens (tertiary/aromatic N) is 6. The summed E-state index contributed by atoms with van der Waals surface area (Å²) in [5, 5.41) is 13.5. The van der Waals surface area contributed by atoms with Gasteiger partial charge in [-0.2, -0.15) is 10.1 Å². The maximum Gasteiger partial charge on any atom is 0.263 e. The molecular formula is C22H20N6O4. The van der Waals surface area contributed by atoms with E-state index in [0.717, 1.165) is 16.2 Å². The van der Waals surface area contributed by atoms with Crippen molar-refractivity contribution in [3.63, 3.8) is 0 Å². The summed E-state index contributed by atoms with van der Waals surface area (Å²) in [5.74, 6) is 0.650. The summed E-state index contributed by atoms with van der Waals surface area (Å²) in [6.07, 6.45) is 0.0825. The summed E-state index contributed by atoms with van der Waals surface area (Å²) in [6, 6.07) is 14.4. The topological polar surface area (TPSA) is 113 Å². The summed E-state index contributed by atoms with van der Waals surface area (Å²) in [4.78, 5) is 31.3. The predicted octanol–water partition coefficient (Wildman–Crippen LogP) is 3.02. The highest BCUT2D eigenvalue weighted by Gasteiger charge is 2.55. The molecule has 2 aliphatic heterocycles. The number of hydrogen-bond donors (Lipinski definition) is 0. The van der Waals surface area contributed by atoms with Gasteiger partial charge in [0.05, 0.1) is 11.8 Å². The van der Waals surface area contributed by atoms with Crippen molar-refractivity contribution in [2.45, 2.75) is 38.6 Å². The molecule has 0 radical (unpaired) electrons. The first kappa shape index (κ1) is 19.9. The van der Waals surface area contributed by atoms with Crippen LogP contribution < -0.4 is 9.64 Å². The van der Waals surface area contributed by atoms with E-state index < -0.39 is 18.0 Å². The van der Waals surface area contributed by atoms with Crippen LogP contribution in [0.2, 0.25) is 0 Å². The summed E-state index contributed by atoms with van der Waals surface area (Å²) in [6.45, 7) is 3.98. The van der Waals surface area contributed by atoms with Gasteiger partial charge in [-0.3, -0.25) is 14.6 Å². The average Bonchev–Trinajstić information content (AvgIpc) is 3.47. The first-order valence-corrected chi connectivity index (χ1v) is 10.2. The summed E-state index contributed by atoms with van der Waals surface area (Å²) >= 11 is 0. The molecule has 0 aliphatic carbocycles.